The Morgan fingerprint density at radius 2 is 1.75 bits per heavy atom. The van der Waals surface area contributed by atoms with E-state index in [9.17, 15) is 18.5 Å². The topological polar surface area (TPSA) is 90.3 Å². The van der Waals surface area contributed by atoms with E-state index in [1.165, 1.54) is 0 Å². The molecular formula is C17H27N3O3S. The standard InChI is InChI=1S/C17H27N3O3S/c18-13-17(9-3-4-10-17)16(21)20-11-5-8-15(12-20)24(22,23)19-14-6-1-2-7-14/h14-15,19H,1-12H2/t15-/m1/s1. The number of hydrogen-bond donors (Lipinski definition) is 1. The van der Waals surface area contributed by atoms with Crippen LogP contribution < -0.4 is 4.72 Å². The molecule has 0 unspecified atom stereocenters. The van der Waals surface area contributed by atoms with Gasteiger partial charge in [0.15, 0.2) is 0 Å². The van der Waals surface area contributed by atoms with E-state index in [2.05, 4.69) is 10.8 Å². The molecule has 2 aliphatic carbocycles. The number of nitrogens with one attached hydrogen (secondary N) is 1. The van der Waals surface area contributed by atoms with Crippen LogP contribution in [-0.4, -0.2) is 43.6 Å². The summed E-state index contributed by atoms with van der Waals surface area (Å²) in [5.74, 6) is -0.150. The van der Waals surface area contributed by atoms with E-state index >= 15 is 0 Å². The minimum atomic E-state index is -3.41. The van der Waals surface area contributed by atoms with Crippen molar-refractivity contribution in [2.24, 2.45) is 5.41 Å². The van der Waals surface area contributed by atoms with Gasteiger partial charge in [0, 0.05) is 19.1 Å². The van der Waals surface area contributed by atoms with Crippen molar-refractivity contribution in [1.82, 2.24) is 9.62 Å². The summed E-state index contributed by atoms with van der Waals surface area (Å²) >= 11 is 0. The first kappa shape index (κ1) is 17.7. The molecule has 0 bridgehead atoms. The van der Waals surface area contributed by atoms with Crippen molar-refractivity contribution in [3.8, 4) is 6.07 Å². The van der Waals surface area contributed by atoms with Gasteiger partial charge in [-0.3, -0.25) is 4.79 Å². The van der Waals surface area contributed by atoms with Crippen LogP contribution in [0.4, 0.5) is 0 Å². The van der Waals surface area contributed by atoms with Gasteiger partial charge >= 0.3 is 0 Å². The van der Waals surface area contributed by atoms with Gasteiger partial charge in [-0.25, -0.2) is 13.1 Å². The van der Waals surface area contributed by atoms with Gasteiger partial charge in [-0.2, -0.15) is 5.26 Å². The van der Waals surface area contributed by atoms with Crippen LogP contribution in [-0.2, 0) is 14.8 Å². The Hall–Kier alpha value is -1.13. The van der Waals surface area contributed by atoms with Gasteiger partial charge < -0.3 is 4.90 Å². The third-order valence-corrected chi connectivity index (χ3v) is 7.80. The van der Waals surface area contributed by atoms with Crippen LogP contribution in [0.3, 0.4) is 0 Å². The van der Waals surface area contributed by atoms with Gasteiger partial charge in [0.25, 0.3) is 0 Å². The number of hydrogen-bond acceptors (Lipinski definition) is 4. The minimum absolute atomic E-state index is 0.0568. The lowest BCUT2D eigenvalue weighted by Crippen LogP contribution is -2.52. The molecule has 7 heteroatoms. The lowest BCUT2D eigenvalue weighted by Gasteiger charge is -2.36. The molecule has 1 saturated heterocycles. The first-order chi connectivity index (χ1) is 11.5. The minimum Gasteiger partial charge on any atom is -0.340 e. The fraction of sp³-hybridized carbons (Fsp3) is 0.882. The molecule has 0 radical (unpaired) electrons. The molecule has 0 spiro atoms. The molecule has 0 aromatic rings. The molecule has 0 aromatic carbocycles. The molecule has 1 heterocycles. The van der Waals surface area contributed by atoms with E-state index < -0.39 is 20.7 Å². The smallest absolute Gasteiger partial charge is 0.243 e. The Kier molecular flexibility index (Phi) is 5.16. The maximum absolute atomic E-state index is 12.9. The van der Waals surface area contributed by atoms with Crippen molar-refractivity contribution in [3.05, 3.63) is 0 Å². The second kappa shape index (κ2) is 7.01. The number of carbonyl (C=O) groups excluding carboxylic acids is 1. The highest BCUT2D eigenvalue weighted by Gasteiger charge is 2.46. The molecule has 3 aliphatic rings. The maximum atomic E-state index is 12.9. The van der Waals surface area contributed by atoms with Crippen LogP contribution in [0.25, 0.3) is 0 Å². The highest BCUT2D eigenvalue weighted by Crippen LogP contribution is 2.39. The van der Waals surface area contributed by atoms with E-state index in [-0.39, 0.29) is 18.5 Å². The van der Waals surface area contributed by atoms with E-state index in [0.29, 0.717) is 32.2 Å². The van der Waals surface area contributed by atoms with Crippen molar-refractivity contribution in [1.29, 1.82) is 5.26 Å². The van der Waals surface area contributed by atoms with Gasteiger partial charge in [-0.1, -0.05) is 25.7 Å². The zero-order valence-electron chi connectivity index (χ0n) is 14.2. The van der Waals surface area contributed by atoms with Crippen molar-refractivity contribution in [2.45, 2.75) is 75.5 Å². The first-order valence-corrected chi connectivity index (χ1v) is 10.7. The number of carbonyl (C=O) groups is 1. The van der Waals surface area contributed by atoms with Crippen LogP contribution >= 0.6 is 0 Å². The van der Waals surface area contributed by atoms with Crippen LogP contribution in [0.2, 0.25) is 0 Å². The maximum Gasteiger partial charge on any atom is 0.243 e. The summed E-state index contributed by atoms with van der Waals surface area (Å²) in [4.78, 5) is 14.5. The summed E-state index contributed by atoms with van der Waals surface area (Å²) in [6, 6.07) is 2.29. The molecule has 1 aliphatic heterocycles. The highest BCUT2D eigenvalue weighted by atomic mass is 32.2. The molecule has 6 nitrogen and oxygen atoms in total. The van der Waals surface area contributed by atoms with Gasteiger partial charge in [0.1, 0.15) is 5.41 Å². The molecule has 2 saturated carbocycles. The lowest BCUT2D eigenvalue weighted by atomic mass is 9.86. The average Bonchev–Trinajstić information content (AvgIpc) is 3.26. The van der Waals surface area contributed by atoms with E-state index in [4.69, 9.17) is 0 Å². The Labute approximate surface area is 144 Å². The van der Waals surface area contributed by atoms with Crippen molar-refractivity contribution >= 4 is 15.9 Å². The van der Waals surface area contributed by atoms with E-state index in [0.717, 1.165) is 38.5 Å². The number of likely N-dealkylation sites (tertiary alicyclic amines) is 1. The third kappa shape index (κ3) is 3.45. The molecule has 1 amide bonds. The molecule has 0 aromatic heterocycles. The van der Waals surface area contributed by atoms with Gasteiger partial charge in [0.2, 0.25) is 15.9 Å². The molecule has 3 rings (SSSR count). The Morgan fingerprint density at radius 3 is 2.38 bits per heavy atom. The number of nitriles is 1. The quantitative estimate of drug-likeness (QED) is 0.836. The Morgan fingerprint density at radius 1 is 1.08 bits per heavy atom. The molecule has 1 N–H and O–H groups in total. The molecule has 1 atom stereocenters. The summed E-state index contributed by atoms with van der Waals surface area (Å²) in [5.41, 5.74) is -0.912. The number of sulfonamides is 1. The summed E-state index contributed by atoms with van der Waals surface area (Å²) in [6.07, 6.45) is 8.26. The summed E-state index contributed by atoms with van der Waals surface area (Å²) < 4.78 is 28.2. The van der Waals surface area contributed by atoms with Crippen molar-refractivity contribution in [3.63, 3.8) is 0 Å². The Balaban J connectivity index is 1.67. The Bertz CT molecular complexity index is 613. The normalized spacial score (nSPS) is 28.0. The highest BCUT2D eigenvalue weighted by molar-refractivity contribution is 7.90. The predicted octanol–water partition coefficient (Wildman–Crippen LogP) is 1.92. The SMILES string of the molecule is N#CC1(C(=O)N2CCC[C@@H](S(=O)(=O)NC3CCCC3)C2)CCCC1. The first-order valence-electron chi connectivity index (χ1n) is 9.19. The number of amides is 1. The summed E-state index contributed by atoms with van der Waals surface area (Å²) in [5, 5.41) is 8.96. The molecule has 3 fully saturated rings. The van der Waals surface area contributed by atoms with Crippen LogP contribution in [0.15, 0.2) is 0 Å². The van der Waals surface area contributed by atoms with Gasteiger partial charge in [0.05, 0.1) is 11.3 Å². The third-order valence-electron chi connectivity index (χ3n) is 5.87. The van der Waals surface area contributed by atoms with Crippen LogP contribution in [0.1, 0.15) is 64.2 Å². The largest absolute Gasteiger partial charge is 0.340 e. The fourth-order valence-electron chi connectivity index (χ4n) is 4.40. The second-order valence-electron chi connectivity index (χ2n) is 7.56. The van der Waals surface area contributed by atoms with Gasteiger partial charge in [-0.15, -0.1) is 0 Å². The fourth-order valence-corrected chi connectivity index (χ4v) is 6.15. The van der Waals surface area contributed by atoms with Crippen LogP contribution in [0.5, 0.6) is 0 Å². The van der Waals surface area contributed by atoms with Gasteiger partial charge in [-0.05, 0) is 38.5 Å². The van der Waals surface area contributed by atoms with E-state index in [1.54, 1.807) is 4.90 Å². The zero-order valence-corrected chi connectivity index (χ0v) is 15.0. The second-order valence-corrected chi connectivity index (χ2v) is 9.55. The van der Waals surface area contributed by atoms with Crippen LogP contribution in [0, 0.1) is 16.7 Å². The monoisotopic (exact) mass is 353 g/mol. The van der Waals surface area contributed by atoms with Crippen molar-refractivity contribution < 1.29 is 13.2 Å². The van der Waals surface area contributed by atoms with E-state index in [1.807, 2.05) is 0 Å². The molecular weight excluding hydrogens is 326 g/mol. The van der Waals surface area contributed by atoms with Crippen molar-refractivity contribution in [2.75, 3.05) is 13.1 Å². The average molecular weight is 353 g/mol. The lowest BCUT2D eigenvalue weighted by molar-refractivity contribution is -0.139. The zero-order chi connectivity index (χ0) is 17.2. The summed E-state index contributed by atoms with van der Waals surface area (Å²) in [7, 11) is -3.41. The number of nitrogens with zero attached hydrogens (tertiary/aromatic N) is 2. The summed E-state index contributed by atoms with van der Waals surface area (Å²) in [6.45, 7) is 0.794. The number of rotatable bonds is 4. The molecule has 24 heavy (non-hydrogen) atoms. The number of piperidine rings is 1. The predicted molar refractivity (Wildman–Crippen MR) is 90.4 cm³/mol. The molecule has 134 valence electrons.